The van der Waals surface area contributed by atoms with E-state index in [9.17, 15) is 18.4 Å². The van der Waals surface area contributed by atoms with Crippen molar-refractivity contribution in [3.8, 4) is 5.69 Å². The molecule has 0 radical (unpaired) electrons. The fraction of sp³-hybridized carbons (Fsp3) is 0.259. The molecule has 4 rings (SSSR count). The smallest absolute Gasteiger partial charge is 0.303 e. The topological polar surface area (TPSA) is 115 Å². The number of nitrogens with one attached hydrogen (secondary N) is 1. The van der Waals surface area contributed by atoms with Crippen LogP contribution in [-0.2, 0) is 14.3 Å². The van der Waals surface area contributed by atoms with Gasteiger partial charge in [0.2, 0.25) is 6.10 Å². The molecule has 12 heteroatoms. The van der Waals surface area contributed by atoms with Crippen LogP contribution in [0.25, 0.3) is 16.7 Å². The third-order valence-electron chi connectivity index (χ3n) is 5.59. The number of hydrogen-bond acceptors (Lipinski definition) is 7. The van der Waals surface area contributed by atoms with Crippen molar-refractivity contribution in [3.63, 3.8) is 0 Å². The van der Waals surface area contributed by atoms with Gasteiger partial charge in [0, 0.05) is 38.3 Å². The van der Waals surface area contributed by atoms with Gasteiger partial charge in [0.25, 0.3) is 5.91 Å². The Kier molecular flexibility index (Phi) is 7.65. The Bertz CT molecular complexity index is 1590. The number of aryl methyl sites for hydroxylation is 3. The number of fused-ring (bicyclic) bond motifs is 1. The van der Waals surface area contributed by atoms with E-state index in [4.69, 9.17) is 4.74 Å². The largest absolute Gasteiger partial charge is 0.447 e. The minimum atomic E-state index is -1.55. The highest BCUT2D eigenvalue weighted by Crippen LogP contribution is 2.30. The van der Waals surface area contributed by atoms with E-state index in [0.717, 1.165) is 24.6 Å². The molecule has 1 amide bonds. The number of halogens is 2. The lowest BCUT2D eigenvalue weighted by atomic mass is 10.1. The predicted molar refractivity (Wildman–Crippen MR) is 142 cm³/mol. The third-order valence-corrected chi connectivity index (χ3v) is 5.59. The molecule has 39 heavy (non-hydrogen) atoms. The summed E-state index contributed by atoms with van der Waals surface area (Å²) in [7, 11) is 3.70. The van der Waals surface area contributed by atoms with Gasteiger partial charge in [-0.1, -0.05) is 0 Å². The molecule has 0 fully saturated rings. The van der Waals surface area contributed by atoms with E-state index in [0.29, 0.717) is 45.8 Å². The Balaban J connectivity index is 1.70. The van der Waals surface area contributed by atoms with Gasteiger partial charge in [-0.3, -0.25) is 9.59 Å². The van der Waals surface area contributed by atoms with E-state index >= 15 is 0 Å². The zero-order valence-corrected chi connectivity index (χ0v) is 22.3. The second-order valence-electron chi connectivity index (χ2n) is 9.18. The van der Waals surface area contributed by atoms with Crippen LogP contribution in [0, 0.1) is 32.4 Å². The van der Waals surface area contributed by atoms with Gasteiger partial charge in [0.15, 0.2) is 5.82 Å². The van der Waals surface area contributed by atoms with Gasteiger partial charge in [0.1, 0.15) is 28.5 Å². The zero-order valence-electron chi connectivity index (χ0n) is 22.3. The summed E-state index contributed by atoms with van der Waals surface area (Å²) < 4.78 is 34.4. The monoisotopic (exact) mass is 535 g/mol. The minimum Gasteiger partial charge on any atom is -0.447 e. The number of aliphatic imine (C=N–C) groups is 1. The number of rotatable bonds is 7. The van der Waals surface area contributed by atoms with Crippen molar-refractivity contribution in [1.29, 1.82) is 0 Å². The van der Waals surface area contributed by atoms with Gasteiger partial charge in [-0.15, -0.1) is 0 Å². The van der Waals surface area contributed by atoms with Crippen LogP contribution in [0.3, 0.4) is 0 Å². The molecule has 2 aromatic carbocycles. The molecule has 0 aliphatic rings. The van der Waals surface area contributed by atoms with E-state index in [1.54, 1.807) is 41.0 Å². The number of amides is 1. The van der Waals surface area contributed by atoms with Gasteiger partial charge >= 0.3 is 5.97 Å². The lowest BCUT2D eigenvalue weighted by Gasteiger charge is -2.18. The summed E-state index contributed by atoms with van der Waals surface area (Å²) in [6.07, 6.45) is 0.0894. The molecule has 0 saturated heterocycles. The number of aromatic nitrogens is 4. The summed E-state index contributed by atoms with van der Waals surface area (Å²) in [4.78, 5) is 40.0. The molecule has 10 nitrogen and oxygen atoms in total. The molecule has 0 spiro atoms. The first kappa shape index (κ1) is 27.3. The lowest BCUT2D eigenvalue weighted by Crippen LogP contribution is -2.25. The molecular formula is C27H27F2N7O3. The average Bonchev–Trinajstić information content (AvgIpc) is 3.16. The average molecular weight is 536 g/mol. The Morgan fingerprint density at radius 2 is 1.77 bits per heavy atom. The van der Waals surface area contributed by atoms with Gasteiger partial charge in [-0.2, -0.15) is 5.10 Å². The first-order chi connectivity index (χ1) is 18.4. The maximum absolute atomic E-state index is 13.8. The normalized spacial score (nSPS) is 12.1. The van der Waals surface area contributed by atoms with Crippen molar-refractivity contribution in [2.24, 2.45) is 4.99 Å². The molecule has 1 N–H and O–H groups in total. The van der Waals surface area contributed by atoms with Gasteiger partial charge in [-0.25, -0.2) is 28.4 Å². The van der Waals surface area contributed by atoms with Crippen molar-refractivity contribution >= 4 is 40.8 Å². The number of ether oxygens (including phenoxy) is 1. The van der Waals surface area contributed by atoms with Crippen LogP contribution >= 0.6 is 0 Å². The van der Waals surface area contributed by atoms with E-state index in [1.807, 2.05) is 27.9 Å². The third kappa shape index (κ3) is 6.06. The maximum atomic E-state index is 13.8. The summed E-state index contributed by atoms with van der Waals surface area (Å²) in [6, 6.07) is 7.63. The van der Waals surface area contributed by atoms with E-state index in [2.05, 4.69) is 25.4 Å². The molecule has 2 aromatic heterocycles. The summed E-state index contributed by atoms with van der Waals surface area (Å²) in [5.74, 6) is -2.33. The van der Waals surface area contributed by atoms with Crippen LogP contribution in [0.1, 0.15) is 35.7 Å². The van der Waals surface area contributed by atoms with Crippen LogP contribution in [-0.4, -0.2) is 57.0 Å². The number of carbonyl (C=O) groups is 2. The first-order valence-corrected chi connectivity index (χ1v) is 11.9. The zero-order chi connectivity index (χ0) is 28.4. The van der Waals surface area contributed by atoms with Crippen LogP contribution < -0.4 is 5.32 Å². The fourth-order valence-electron chi connectivity index (χ4n) is 4.03. The predicted octanol–water partition coefficient (Wildman–Crippen LogP) is 4.48. The Morgan fingerprint density at radius 1 is 1.08 bits per heavy atom. The highest BCUT2D eigenvalue weighted by atomic mass is 19.1. The van der Waals surface area contributed by atoms with Gasteiger partial charge < -0.3 is 15.0 Å². The highest BCUT2D eigenvalue weighted by Gasteiger charge is 2.26. The maximum Gasteiger partial charge on any atom is 0.303 e. The van der Waals surface area contributed by atoms with Crippen LogP contribution in [0.15, 0.2) is 41.4 Å². The molecule has 1 atom stereocenters. The number of esters is 1. The first-order valence-electron chi connectivity index (χ1n) is 11.9. The molecule has 0 aliphatic heterocycles. The van der Waals surface area contributed by atoms with Crippen LogP contribution in [0.4, 0.5) is 20.3 Å². The quantitative estimate of drug-likeness (QED) is 0.211. The van der Waals surface area contributed by atoms with Crippen molar-refractivity contribution in [2.45, 2.75) is 33.8 Å². The van der Waals surface area contributed by atoms with Crippen molar-refractivity contribution in [1.82, 2.24) is 24.6 Å². The van der Waals surface area contributed by atoms with Gasteiger partial charge in [-0.05, 0) is 56.7 Å². The van der Waals surface area contributed by atoms with E-state index < -0.39 is 29.6 Å². The van der Waals surface area contributed by atoms with E-state index in [-0.39, 0.29) is 5.56 Å². The summed E-state index contributed by atoms with van der Waals surface area (Å²) >= 11 is 0. The SMILES string of the molecule is CC(=O)OC(C(=O)Nc1ccc(-n2nc(C)c3nc(C)nc(/N=C/N(C)C)c32)c(C)c1)c1cc(F)cc(F)c1. The lowest BCUT2D eigenvalue weighted by molar-refractivity contribution is -0.152. The highest BCUT2D eigenvalue weighted by molar-refractivity contribution is 5.96. The standard InChI is InChI=1S/C27H27F2N7O3/c1-14-9-21(33-27(38)25(39-17(4)37)18-10-19(28)12-20(29)11-18)7-8-22(14)36-24-23(15(2)34-36)31-16(3)32-26(24)30-13-35(5)6/h7-13,25H,1-6H3,(H,33,38)/b30-13+. The fourth-order valence-corrected chi connectivity index (χ4v) is 4.03. The molecule has 0 bridgehead atoms. The van der Waals surface area contributed by atoms with Crippen molar-refractivity contribution in [2.75, 3.05) is 19.4 Å². The molecule has 0 aliphatic carbocycles. The van der Waals surface area contributed by atoms with E-state index in [1.165, 1.54) is 0 Å². The molecule has 1 unspecified atom stereocenters. The summed E-state index contributed by atoms with van der Waals surface area (Å²) in [5, 5.41) is 7.32. The number of hydrogen-bond donors (Lipinski definition) is 1. The molecule has 202 valence electrons. The molecule has 4 aromatic rings. The summed E-state index contributed by atoms with van der Waals surface area (Å²) in [6.45, 7) is 6.57. The molecule has 2 heterocycles. The number of nitrogens with zero attached hydrogens (tertiary/aromatic N) is 6. The van der Waals surface area contributed by atoms with Crippen LogP contribution in [0.5, 0.6) is 0 Å². The number of carbonyl (C=O) groups excluding carboxylic acids is 2. The van der Waals surface area contributed by atoms with Crippen molar-refractivity contribution < 1.29 is 23.1 Å². The van der Waals surface area contributed by atoms with Crippen molar-refractivity contribution in [3.05, 3.63) is 70.7 Å². The Morgan fingerprint density at radius 3 is 2.38 bits per heavy atom. The number of benzene rings is 2. The second-order valence-corrected chi connectivity index (χ2v) is 9.18. The van der Waals surface area contributed by atoms with Gasteiger partial charge in [0.05, 0.1) is 17.7 Å². The Hall–Kier alpha value is -4.74. The number of anilines is 1. The Labute approximate surface area is 223 Å². The summed E-state index contributed by atoms with van der Waals surface area (Å²) in [5.41, 5.74) is 3.66. The van der Waals surface area contributed by atoms with Crippen LogP contribution in [0.2, 0.25) is 0 Å². The second kappa shape index (κ2) is 10.9. The minimum absolute atomic E-state index is 0.131. The molecule has 0 saturated carbocycles. The molecular weight excluding hydrogens is 508 g/mol.